The van der Waals surface area contributed by atoms with Crippen LogP contribution < -0.4 is 10.6 Å². The molecule has 10 nitrogen and oxygen atoms in total. The van der Waals surface area contributed by atoms with Crippen LogP contribution >= 0.6 is 0 Å². The summed E-state index contributed by atoms with van der Waals surface area (Å²) in [5.74, 6) is -0.357. The standard InChI is InChI=1S/C25H42N4O6/c1-18(2)21(31)25-11-13-29(17-25)23(33)35-15-8-7-14-34-22(32)28(6)12-9-10-24(5,27-19(3)4)20(30)16-26-25/h7-8,18-19,26-27H,9-17H2,1-6H3/b8-7+/t24-,25-/m1/s1. The minimum absolute atomic E-state index is 0.0157. The number of cyclic esters (lactones) is 2. The smallest absolute Gasteiger partial charge is 0.410 e. The summed E-state index contributed by atoms with van der Waals surface area (Å²) in [6.45, 7) is 10.5. The third kappa shape index (κ3) is 7.76. The molecule has 0 aromatic rings. The summed E-state index contributed by atoms with van der Waals surface area (Å²) in [6.07, 6.45) is 3.76. The number of hydrogen-bond donors (Lipinski definition) is 2. The van der Waals surface area contributed by atoms with Gasteiger partial charge < -0.3 is 24.6 Å². The van der Waals surface area contributed by atoms with Gasteiger partial charge in [0.25, 0.3) is 0 Å². The summed E-state index contributed by atoms with van der Waals surface area (Å²) < 4.78 is 10.5. The monoisotopic (exact) mass is 494 g/mol. The molecule has 0 spiro atoms. The number of fused-ring (bicyclic) bond motifs is 2. The molecule has 10 heteroatoms. The van der Waals surface area contributed by atoms with Crippen LogP contribution in [0.15, 0.2) is 12.2 Å². The van der Waals surface area contributed by atoms with Crippen molar-refractivity contribution in [3.05, 3.63) is 12.2 Å². The third-order valence-corrected chi connectivity index (χ3v) is 6.59. The summed E-state index contributed by atoms with van der Waals surface area (Å²) in [5.41, 5.74) is -1.85. The fourth-order valence-electron chi connectivity index (χ4n) is 4.66. The second kappa shape index (κ2) is 12.5. The van der Waals surface area contributed by atoms with Crippen molar-refractivity contribution in [2.75, 3.05) is 46.4 Å². The van der Waals surface area contributed by atoms with Gasteiger partial charge in [-0.3, -0.25) is 14.9 Å². The molecule has 35 heavy (non-hydrogen) atoms. The van der Waals surface area contributed by atoms with E-state index < -0.39 is 23.3 Å². The Balaban J connectivity index is 2.29. The molecular weight excluding hydrogens is 452 g/mol. The molecule has 0 aromatic carbocycles. The molecule has 2 heterocycles. The van der Waals surface area contributed by atoms with E-state index in [0.717, 1.165) is 0 Å². The lowest BCUT2D eigenvalue weighted by Gasteiger charge is -2.35. The number of Topliss-reactive ketones (excluding diaryl/α,β-unsaturated/α-hetero) is 2. The van der Waals surface area contributed by atoms with Gasteiger partial charge in [0.05, 0.1) is 17.6 Å². The normalized spacial score (nSPS) is 28.9. The molecule has 1 fully saturated rings. The largest absolute Gasteiger partial charge is 0.445 e. The van der Waals surface area contributed by atoms with E-state index >= 15 is 0 Å². The van der Waals surface area contributed by atoms with Crippen molar-refractivity contribution in [3.8, 4) is 0 Å². The molecule has 0 aliphatic carbocycles. The van der Waals surface area contributed by atoms with Crippen LogP contribution in [0.3, 0.4) is 0 Å². The van der Waals surface area contributed by atoms with E-state index in [9.17, 15) is 19.2 Å². The van der Waals surface area contributed by atoms with Gasteiger partial charge in [0.1, 0.15) is 13.2 Å². The number of amides is 2. The molecule has 0 saturated carbocycles. The number of nitrogens with one attached hydrogen (secondary N) is 2. The van der Waals surface area contributed by atoms with Crippen LogP contribution in [0.2, 0.25) is 0 Å². The Morgan fingerprint density at radius 2 is 1.66 bits per heavy atom. The zero-order valence-corrected chi connectivity index (χ0v) is 22.0. The van der Waals surface area contributed by atoms with Crippen molar-refractivity contribution in [1.29, 1.82) is 0 Å². The SMILES string of the molecule is CC(C)N[C@]1(C)CCCN(C)C(=O)OC/C=C/COC(=O)N2CC[C@](C(=O)C(C)C)(C2)NCC1=O. The van der Waals surface area contributed by atoms with Crippen molar-refractivity contribution in [2.45, 2.75) is 71.0 Å². The minimum atomic E-state index is -0.999. The minimum Gasteiger partial charge on any atom is -0.445 e. The number of hydrogen-bond acceptors (Lipinski definition) is 8. The van der Waals surface area contributed by atoms with Crippen LogP contribution in [0.25, 0.3) is 0 Å². The molecule has 198 valence electrons. The van der Waals surface area contributed by atoms with Crippen molar-refractivity contribution in [1.82, 2.24) is 20.4 Å². The van der Waals surface area contributed by atoms with Crippen LogP contribution in [0, 0.1) is 5.92 Å². The van der Waals surface area contributed by atoms with Crippen molar-refractivity contribution in [2.24, 2.45) is 5.92 Å². The average molecular weight is 495 g/mol. The Labute approximate surface area is 208 Å². The number of carbonyl (C=O) groups is 4. The molecule has 2 aliphatic rings. The third-order valence-electron chi connectivity index (χ3n) is 6.59. The predicted octanol–water partition coefficient (Wildman–Crippen LogP) is 2.13. The van der Waals surface area contributed by atoms with Gasteiger partial charge in [-0.05, 0) is 52.2 Å². The first-order valence-corrected chi connectivity index (χ1v) is 12.4. The molecule has 0 aromatic heterocycles. The van der Waals surface area contributed by atoms with Crippen molar-refractivity contribution < 1.29 is 28.7 Å². The van der Waals surface area contributed by atoms with Crippen LogP contribution in [-0.2, 0) is 19.1 Å². The van der Waals surface area contributed by atoms with Crippen molar-refractivity contribution in [3.63, 3.8) is 0 Å². The van der Waals surface area contributed by atoms with Crippen LogP contribution in [0.4, 0.5) is 9.59 Å². The summed E-state index contributed by atoms with van der Waals surface area (Å²) in [4.78, 5) is 54.5. The Kier molecular flexibility index (Phi) is 10.3. The number of ether oxygens (including phenoxy) is 2. The van der Waals surface area contributed by atoms with Gasteiger partial charge in [-0.15, -0.1) is 0 Å². The Bertz CT molecular complexity index is 814. The maximum atomic E-state index is 13.5. The first-order valence-electron chi connectivity index (χ1n) is 12.4. The number of rotatable bonds is 4. The molecule has 2 aliphatic heterocycles. The number of ketones is 2. The number of nitrogens with zero attached hydrogens (tertiary/aromatic N) is 2. The second-order valence-corrected chi connectivity index (χ2v) is 10.3. The maximum Gasteiger partial charge on any atom is 0.410 e. The first kappa shape index (κ1) is 28.8. The van der Waals surface area contributed by atoms with Crippen LogP contribution in [-0.4, -0.2) is 97.1 Å². The van der Waals surface area contributed by atoms with E-state index in [0.29, 0.717) is 32.4 Å². The summed E-state index contributed by atoms with van der Waals surface area (Å²) in [7, 11) is 1.65. The van der Waals surface area contributed by atoms with Crippen molar-refractivity contribution >= 4 is 23.8 Å². The molecular formula is C25H42N4O6. The molecule has 0 unspecified atom stereocenters. The summed E-state index contributed by atoms with van der Waals surface area (Å²) in [5, 5.41) is 6.62. The highest BCUT2D eigenvalue weighted by atomic mass is 16.6. The zero-order valence-electron chi connectivity index (χ0n) is 22.0. The highest BCUT2D eigenvalue weighted by Crippen LogP contribution is 2.27. The van der Waals surface area contributed by atoms with E-state index in [1.807, 2.05) is 34.6 Å². The van der Waals surface area contributed by atoms with E-state index in [-0.39, 0.29) is 49.8 Å². The Morgan fingerprint density at radius 3 is 2.26 bits per heavy atom. The van der Waals surface area contributed by atoms with Gasteiger partial charge >= 0.3 is 12.2 Å². The van der Waals surface area contributed by atoms with E-state index in [1.165, 1.54) is 9.80 Å². The van der Waals surface area contributed by atoms with Crippen LogP contribution in [0.5, 0.6) is 0 Å². The van der Waals surface area contributed by atoms with Gasteiger partial charge in [0.15, 0.2) is 11.6 Å². The number of carbonyl (C=O) groups excluding carboxylic acids is 4. The topological polar surface area (TPSA) is 117 Å². The Hall–Kier alpha value is -2.46. The first-order chi connectivity index (χ1) is 16.4. The highest BCUT2D eigenvalue weighted by Gasteiger charge is 2.47. The molecule has 2 bridgehead atoms. The van der Waals surface area contributed by atoms with Gasteiger partial charge in [-0.2, -0.15) is 0 Å². The lowest BCUT2D eigenvalue weighted by atomic mass is 9.84. The van der Waals surface area contributed by atoms with Gasteiger partial charge in [0.2, 0.25) is 0 Å². The van der Waals surface area contributed by atoms with Gasteiger partial charge in [-0.1, -0.05) is 13.8 Å². The fourth-order valence-corrected chi connectivity index (χ4v) is 4.66. The molecule has 2 rings (SSSR count). The van der Waals surface area contributed by atoms with Crippen LogP contribution in [0.1, 0.15) is 53.9 Å². The quantitative estimate of drug-likeness (QED) is 0.571. The fraction of sp³-hybridized carbons (Fsp3) is 0.760. The van der Waals surface area contributed by atoms with E-state index in [4.69, 9.17) is 9.47 Å². The lowest BCUT2D eigenvalue weighted by molar-refractivity contribution is -0.129. The molecule has 1 saturated heterocycles. The maximum absolute atomic E-state index is 13.5. The predicted molar refractivity (Wildman–Crippen MR) is 132 cm³/mol. The van der Waals surface area contributed by atoms with Gasteiger partial charge in [-0.25, -0.2) is 9.59 Å². The molecule has 2 amide bonds. The highest BCUT2D eigenvalue weighted by molar-refractivity contribution is 5.94. The molecule has 0 radical (unpaired) electrons. The average Bonchev–Trinajstić information content (AvgIpc) is 3.23. The summed E-state index contributed by atoms with van der Waals surface area (Å²) >= 11 is 0. The summed E-state index contributed by atoms with van der Waals surface area (Å²) in [6, 6.07) is 0.0584. The van der Waals surface area contributed by atoms with E-state index in [1.54, 1.807) is 19.2 Å². The molecule has 2 atom stereocenters. The van der Waals surface area contributed by atoms with E-state index in [2.05, 4.69) is 10.6 Å². The zero-order chi connectivity index (χ0) is 26.2. The lowest BCUT2D eigenvalue weighted by Crippen LogP contribution is -2.61. The second-order valence-electron chi connectivity index (χ2n) is 10.3. The Morgan fingerprint density at radius 1 is 1.03 bits per heavy atom. The van der Waals surface area contributed by atoms with Gasteiger partial charge in [0, 0.05) is 38.6 Å². The molecule has 2 N–H and O–H groups in total.